The average Bonchev–Trinajstić information content (AvgIpc) is 2.47. The van der Waals surface area contributed by atoms with E-state index in [2.05, 4.69) is 29.4 Å². The summed E-state index contributed by atoms with van der Waals surface area (Å²) >= 11 is 0. The Morgan fingerprint density at radius 1 is 1.43 bits per heavy atom. The van der Waals surface area contributed by atoms with Crippen molar-refractivity contribution in [2.75, 3.05) is 20.3 Å². The first-order chi connectivity index (χ1) is 10.1. The minimum atomic E-state index is -0.559. The van der Waals surface area contributed by atoms with Gasteiger partial charge in [0.2, 0.25) is 0 Å². The van der Waals surface area contributed by atoms with Crippen molar-refractivity contribution in [2.24, 2.45) is 11.8 Å². The second-order valence-electron chi connectivity index (χ2n) is 5.33. The summed E-state index contributed by atoms with van der Waals surface area (Å²) in [5, 5.41) is 5.44. The number of carbonyl (C=O) groups excluding carboxylic acids is 2. The van der Waals surface area contributed by atoms with Gasteiger partial charge in [-0.05, 0) is 25.2 Å². The maximum atomic E-state index is 12.3. The number of rotatable bonds is 5. The Labute approximate surface area is 124 Å². The highest BCUT2D eigenvalue weighted by atomic mass is 16.6. The monoisotopic (exact) mass is 294 g/mol. The fourth-order valence-corrected chi connectivity index (χ4v) is 2.85. The molecule has 2 rings (SSSR count). The molecule has 1 fully saturated rings. The zero-order valence-electron chi connectivity index (χ0n) is 12.3. The summed E-state index contributed by atoms with van der Waals surface area (Å²) in [5.74, 6) is -0.710. The summed E-state index contributed by atoms with van der Waals surface area (Å²) in [5.41, 5.74) is 0.403. The second-order valence-corrected chi connectivity index (χ2v) is 5.33. The van der Waals surface area contributed by atoms with Crippen LogP contribution in [0.1, 0.15) is 19.3 Å². The van der Waals surface area contributed by atoms with E-state index in [1.54, 1.807) is 7.11 Å². The SMILES string of the molecule is C=C1NC(=O)N[C@H]([C@@H]2CC=CCC2)[C@H]1C(=O)OCCOC. The van der Waals surface area contributed by atoms with Gasteiger partial charge in [-0.15, -0.1) is 0 Å². The topological polar surface area (TPSA) is 76.7 Å². The predicted octanol–water partition coefficient (Wildman–Crippen LogP) is 1.34. The number of amides is 2. The van der Waals surface area contributed by atoms with Crippen LogP contribution in [0.3, 0.4) is 0 Å². The Balaban J connectivity index is 2.08. The third-order valence-electron chi connectivity index (χ3n) is 3.91. The molecule has 2 aliphatic rings. The van der Waals surface area contributed by atoms with Crippen LogP contribution < -0.4 is 10.6 Å². The molecule has 116 valence electrons. The lowest BCUT2D eigenvalue weighted by atomic mass is 9.79. The van der Waals surface area contributed by atoms with Gasteiger partial charge < -0.3 is 20.1 Å². The number of allylic oxidation sites excluding steroid dienone is 2. The second kappa shape index (κ2) is 7.26. The van der Waals surface area contributed by atoms with Gasteiger partial charge in [0.15, 0.2) is 0 Å². The third kappa shape index (κ3) is 3.85. The molecule has 1 saturated heterocycles. The van der Waals surface area contributed by atoms with Gasteiger partial charge in [-0.2, -0.15) is 0 Å². The average molecular weight is 294 g/mol. The fraction of sp³-hybridized carbons (Fsp3) is 0.600. The van der Waals surface area contributed by atoms with E-state index in [1.807, 2.05) is 0 Å². The van der Waals surface area contributed by atoms with E-state index in [4.69, 9.17) is 9.47 Å². The predicted molar refractivity (Wildman–Crippen MR) is 77.4 cm³/mol. The minimum absolute atomic E-state index is 0.199. The summed E-state index contributed by atoms with van der Waals surface area (Å²) in [7, 11) is 1.55. The first kappa shape index (κ1) is 15.6. The smallest absolute Gasteiger partial charge is 0.319 e. The molecule has 1 heterocycles. The van der Waals surface area contributed by atoms with Crippen molar-refractivity contribution in [3.05, 3.63) is 24.4 Å². The fourth-order valence-electron chi connectivity index (χ4n) is 2.85. The van der Waals surface area contributed by atoms with Crippen molar-refractivity contribution >= 4 is 12.0 Å². The molecule has 0 aromatic rings. The number of methoxy groups -OCH3 is 1. The maximum Gasteiger partial charge on any atom is 0.319 e. The Hall–Kier alpha value is -1.82. The number of urea groups is 1. The molecule has 0 aromatic carbocycles. The van der Waals surface area contributed by atoms with Crippen molar-refractivity contribution in [3.63, 3.8) is 0 Å². The van der Waals surface area contributed by atoms with Gasteiger partial charge in [0.1, 0.15) is 12.5 Å². The van der Waals surface area contributed by atoms with E-state index >= 15 is 0 Å². The lowest BCUT2D eigenvalue weighted by Crippen LogP contribution is -2.58. The van der Waals surface area contributed by atoms with Crippen LogP contribution in [0.25, 0.3) is 0 Å². The van der Waals surface area contributed by atoms with Crippen LogP contribution in [0.2, 0.25) is 0 Å². The van der Waals surface area contributed by atoms with E-state index in [1.165, 1.54) is 0 Å². The Morgan fingerprint density at radius 2 is 2.24 bits per heavy atom. The highest BCUT2D eigenvalue weighted by Gasteiger charge is 2.41. The molecule has 1 aliphatic heterocycles. The molecule has 0 radical (unpaired) electrons. The van der Waals surface area contributed by atoms with Crippen LogP contribution in [-0.2, 0) is 14.3 Å². The Morgan fingerprint density at radius 3 is 2.90 bits per heavy atom. The van der Waals surface area contributed by atoms with Crippen LogP contribution >= 0.6 is 0 Å². The molecule has 2 N–H and O–H groups in total. The van der Waals surface area contributed by atoms with Crippen molar-refractivity contribution in [2.45, 2.75) is 25.3 Å². The summed E-state index contributed by atoms with van der Waals surface area (Å²) in [6.45, 7) is 4.37. The van der Waals surface area contributed by atoms with E-state index in [-0.39, 0.29) is 30.6 Å². The number of ether oxygens (including phenoxy) is 2. The van der Waals surface area contributed by atoms with Crippen LogP contribution in [0, 0.1) is 11.8 Å². The molecule has 0 unspecified atom stereocenters. The molecule has 0 saturated carbocycles. The highest BCUT2D eigenvalue weighted by molar-refractivity contribution is 5.85. The van der Waals surface area contributed by atoms with E-state index < -0.39 is 5.92 Å². The van der Waals surface area contributed by atoms with Gasteiger partial charge in [0.25, 0.3) is 0 Å². The molecule has 0 aromatic heterocycles. The first-order valence-corrected chi connectivity index (χ1v) is 7.20. The molecule has 6 nitrogen and oxygen atoms in total. The Kier molecular flexibility index (Phi) is 5.38. The molecular weight excluding hydrogens is 272 g/mol. The maximum absolute atomic E-state index is 12.3. The molecule has 0 bridgehead atoms. The van der Waals surface area contributed by atoms with Crippen molar-refractivity contribution < 1.29 is 19.1 Å². The third-order valence-corrected chi connectivity index (χ3v) is 3.91. The summed E-state index contributed by atoms with van der Waals surface area (Å²) in [6.07, 6.45) is 6.97. The quantitative estimate of drug-likeness (QED) is 0.456. The molecule has 2 amide bonds. The largest absolute Gasteiger partial charge is 0.463 e. The van der Waals surface area contributed by atoms with Crippen LogP contribution in [-0.4, -0.2) is 38.4 Å². The van der Waals surface area contributed by atoms with Crippen LogP contribution in [0.15, 0.2) is 24.4 Å². The standard InChI is InChI=1S/C15H22N2O4/c1-10-12(14(18)21-9-8-20-2)13(17-15(19)16-10)11-6-4-3-5-7-11/h3-4,11-13H,1,5-9H2,2H3,(H2,16,17,19)/t11-,12+,13-/m1/s1. The number of hydrogen-bond donors (Lipinski definition) is 2. The van der Waals surface area contributed by atoms with Gasteiger partial charge in [-0.1, -0.05) is 18.7 Å². The molecular formula is C15H22N2O4. The van der Waals surface area contributed by atoms with Gasteiger partial charge in [0.05, 0.1) is 12.6 Å². The van der Waals surface area contributed by atoms with Gasteiger partial charge in [0, 0.05) is 12.8 Å². The number of hydrogen-bond acceptors (Lipinski definition) is 4. The van der Waals surface area contributed by atoms with Crippen molar-refractivity contribution in [1.82, 2.24) is 10.6 Å². The van der Waals surface area contributed by atoms with Crippen LogP contribution in [0.5, 0.6) is 0 Å². The molecule has 21 heavy (non-hydrogen) atoms. The number of esters is 1. The van der Waals surface area contributed by atoms with Gasteiger partial charge >= 0.3 is 12.0 Å². The summed E-state index contributed by atoms with van der Waals surface area (Å²) < 4.78 is 10.1. The molecule has 1 aliphatic carbocycles. The van der Waals surface area contributed by atoms with Gasteiger partial charge in [-0.25, -0.2) is 4.79 Å². The van der Waals surface area contributed by atoms with E-state index in [9.17, 15) is 9.59 Å². The summed E-state index contributed by atoms with van der Waals surface area (Å²) in [6, 6.07) is -0.577. The van der Waals surface area contributed by atoms with Crippen LogP contribution in [0.4, 0.5) is 4.79 Å². The molecule has 6 heteroatoms. The normalized spacial score (nSPS) is 28.7. The molecule has 0 spiro atoms. The minimum Gasteiger partial charge on any atom is -0.463 e. The number of carbonyl (C=O) groups is 2. The highest BCUT2D eigenvalue weighted by Crippen LogP contribution is 2.30. The van der Waals surface area contributed by atoms with Gasteiger partial charge in [-0.3, -0.25) is 4.79 Å². The Bertz CT molecular complexity index is 447. The van der Waals surface area contributed by atoms with E-state index in [0.29, 0.717) is 12.3 Å². The molecule has 3 atom stereocenters. The number of nitrogens with one attached hydrogen (secondary N) is 2. The first-order valence-electron chi connectivity index (χ1n) is 7.20. The zero-order chi connectivity index (χ0) is 15.2. The lowest BCUT2D eigenvalue weighted by Gasteiger charge is -2.38. The summed E-state index contributed by atoms with van der Waals surface area (Å²) in [4.78, 5) is 24.0. The zero-order valence-corrected chi connectivity index (χ0v) is 12.3. The lowest BCUT2D eigenvalue weighted by molar-refractivity contribution is -0.150. The van der Waals surface area contributed by atoms with Crippen molar-refractivity contribution in [3.8, 4) is 0 Å². The van der Waals surface area contributed by atoms with E-state index in [0.717, 1.165) is 19.3 Å². The van der Waals surface area contributed by atoms with Crippen molar-refractivity contribution in [1.29, 1.82) is 0 Å².